The van der Waals surface area contributed by atoms with Crippen LogP contribution in [0.3, 0.4) is 0 Å². The molecule has 0 amide bonds. The molecule has 2 aliphatic heterocycles. The van der Waals surface area contributed by atoms with Gasteiger partial charge in [-0.1, -0.05) is 144 Å². The van der Waals surface area contributed by atoms with Gasteiger partial charge in [-0.05, 0) is 96.5 Å². The van der Waals surface area contributed by atoms with Gasteiger partial charge in [-0.2, -0.15) is 0 Å². The van der Waals surface area contributed by atoms with E-state index in [4.69, 9.17) is 23.7 Å². The van der Waals surface area contributed by atoms with Gasteiger partial charge in [0.2, 0.25) is 0 Å². The van der Waals surface area contributed by atoms with E-state index in [0.29, 0.717) is 0 Å². The zero-order chi connectivity index (χ0) is 37.3. The Bertz CT molecular complexity index is 2380. The van der Waals surface area contributed by atoms with Crippen LogP contribution in [0.25, 0.3) is 90.9 Å². The third kappa shape index (κ3) is 6.63. The first-order valence-corrected chi connectivity index (χ1v) is 18.4. The van der Waals surface area contributed by atoms with Gasteiger partial charge < -0.3 is 9.97 Å². The molecule has 54 heavy (non-hydrogen) atoms. The van der Waals surface area contributed by atoms with Crippen LogP contribution in [0, 0.1) is 27.7 Å². The van der Waals surface area contributed by atoms with Gasteiger partial charge in [0.15, 0.2) is 0 Å². The topological polar surface area (TPSA) is 71.1 Å². The zero-order valence-electron chi connectivity index (χ0n) is 30.5. The first kappa shape index (κ1) is 34.9. The van der Waals surface area contributed by atoms with Crippen molar-refractivity contribution in [3.8, 4) is 44.5 Å². The van der Waals surface area contributed by atoms with E-state index in [-0.39, 0.29) is 0 Å². The molecule has 8 bridgehead atoms. The van der Waals surface area contributed by atoms with Crippen molar-refractivity contribution in [3.63, 3.8) is 0 Å². The van der Waals surface area contributed by atoms with Gasteiger partial charge in [0.25, 0.3) is 0 Å². The number of hydrogen-bond acceptors (Lipinski definition) is 3. The molecular formula is C48H36CrN4O-2. The van der Waals surface area contributed by atoms with E-state index in [1.54, 1.807) is 0 Å². The quantitative estimate of drug-likeness (QED) is 0.180. The number of fused-ring (bicyclic) bond motifs is 8. The average Bonchev–Trinajstić information content (AvgIpc) is 4.03. The molecule has 0 radical (unpaired) electrons. The number of rotatable bonds is 4. The molecule has 262 valence electrons. The third-order valence-electron chi connectivity index (χ3n) is 9.97. The molecule has 9 rings (SSSR count). The summed E-state index contributed by atoms with van der Waals surface area (Å²) in [6, 6.07) is 43.0. The van der Waals surface area contributed by atoms with Crippen LogP contribution in [0.5, 0.6) is 0 Å². The Balaban J connectivity index is 0.00000203. The molecule has 0 N–H and O–H groups in total. The summed E-state index contributed by atoms with van der Waals surface area (Å²) in [5.74, 6) is 0. The Morgan fingerprint density at radius 1 is 0.333 bits per heavy atom. The molecule has 7 aromatic rings. The van der Waals surface area contributed by atoms with Crippen molar-refractivity contribution in [2.75, 3.05) is 0 Å². The number of aryl methyl sites for hydroxylation is 4. The number of hydrogen-bond donors (Lipinski definition) is 0. The van der Waals surface area contributed by atoms with Crippen LogP contribution < -0.4 is 9.97 Å². The molecule has 0 saturated carbocycles. The van der Waals surface area contributed by atoms with E-state index >= 15 is 0 Å². The summed E-state index contributed by atoms with van der Waals surface area (Å²) in [4.78, 5) is 21.5. The number of nitrogens with zero attached hydrogens (tertiary/aromatic N) is 4. The summed E-state index contributed by atoms with van der Waals surface area (Å²) in [6.45, 7) is 8.45. The van der Waals surface area contributed by atoms with E-state index < -0.39 is 0 Å². The van der Waals surface area contributed by atoms with Crippen LogP contribution in [-0.2, 0) is 20.0 Å². The fraction of sp³-hybridized carbons (Fsp3) is 0.0833. The van der Waals surface area contributed by atoms with Gasteiger partial charge in [-0.25, -0.2) is 9.97 Å². The molecule has 2 aliphatic rings. The standard InChI is InChI=1S/C48H36N4.Cr.O/c1-29-5-13-33(14-6-29)45-37-21-23-39(49-37)46(34-15-7-30(2)8-16-34)41-25-27-43(51-41)48(36-19-11-32(4)12-20-36)44-28-26-42(52-44)47(40-24-22-38(45)50-40)35-17-9-31(3)10-18-35;;/h5-28H,1-4H3;;/q-2;;. The van der Waals surface area contributed by atoms with Crippen LogP contribution in [0.1, 0.15) is 45.0 Å². The van der Waals surface area contributed by atoms with E-state index in [9.17, 15) is 0 Å². The molecule has 0 unspecified atom stereocenters. The fourth-order valence-electron chi connectivity index (χ4n) is 7.15. The van der Waals surface area contributed by atoms with Crippen molar-refractivity contribution in [2.24, 2.45) is 0 Å². The Morgan fingerprint density at radius 2 is 0.537 bits per heavy atom. The SMILES string of the molecule is Cc1ccc(-c2c3nc(c(-c4ccc(C)cc4)c4ccc([n-]4)c(-c4ccc(C)cc4)c4nc(c(-c5ccc(C)cc5)c5ccc2[n-]5)C=C4)C=C3)cc1.[O]=[Cr]. The molecule has 0 saturated heterocycles. The second kappa shape index (κ2) is 14.7. The Morgan fingerprint density at radius 3 is 0.741 bits per heavy atom. The van der Waals surface area contributed by atoms with Gasteiger partial charge >= 0.3 is 20.0 Å². The fourth-order valence-corrected chi connectivity index (χ4v) is 7.15. The molecule has 3 aromatic heterocycles. The average molecular weight is 737 g/mol. The molecule has 0 spiro atoms. The molecular weight excluding hydrogens is 701 g/mol. The van der Waals surface area contributed by atoms with E-state index in [0.717, 1.165) is 89.4 Å². The van der Waals surface area contributed by atoms with Crippen LogP contribution in [-0.4, -0.2) is 9.97 Å². The van der Waals surface area contributed by atoms with Crippen molar-refractivity contribution >= 4 is 46.4 Å². The summed E-state index contributed by atoms with van der Waals surface area (Å²) < 4.78 is 8.12. The summed E-state index contributed by atoms with van der Waals surface area (Å²) in [7, 11) is 0. The maximum absolute atomic E-state index is 8.12. The molecule has 0 atom stereocenters. The molecule has 4 aromatic carbocycles. The van der Waals surface area contributed by atoms with E-state index in [1.807, 2.05) is 0 Å². The summed E-state index contributed by atoms with van der Waals surface area (Å²) >= 11 is 1.38. The normalized spacial score (nSPS) is 11.7. The summed E-state index contributed by atoms with van der Waals surface area (Å²) in [5.41, 5.74) is 19.9. The Labute approximate surface area is 323 Å². The molecule has 6 heteroatoms. The van der Waals surface area contributed by atoms with Crippen molar-refractivity contribution in [3.05, 3.63) is 166 Å². The first-order chi connectivity index (χ1) is 26.4. The van der Waals surface area contributed by atoms with Crippen LogP contribution in [0.2, 0.25) is 0 Å². The summed E-state index contributed by atoms with van der Waals surface area (Å²) in [6.07, 6.45) is 8.48. The Kier molecular flexibility index (Phi) is 9.48. The van der Waals surface area contributed by atoms with Crippen LogP contribution >= 0.6 is 0 Å². The van der Waals surface area contributed by atoms with Gasteiger partial charge in [0, 0.05) is 0 Å². The van der Waals surface area contributed by atoms with Gasteiger partial charge in [-0.3, -0.25) is 0 Å². The molecule has 5 heterocycles. The molecule has 5 nitrogen and oxygen atoms in total. The van der Waals surface area contributed by atoms with Gasteiger partial charge in [-0.15, -0.1) is 22.1 Å². The third-order valence-corrected chi connectivity index (χ3v) is 9.97. The summed E-state index contributed by atoms with van der Waals surface area (Å²) in [5, 5.41) is 0. The van der Waals surface area contributed by atoms with Crippen molar-refractivity contribution in [1.29, 1.82) is 0 Å². The molecule has 0 fully saturated rings. The Hall–Kier alpha value is -6.19. The minimum absolute atomic E-state index is 0.865. The zero-order valence-corrected chi connectivity index (χ0v) is 31.7. The molecule has 0 aliphatic carbocycles. The van der Waals surface area contributed by atoms with Crippen molar-refractivity contribution in [1.82, 2.24) is 19.9 Å². The maximum atomic E-state index is 8.12. The first-order valence-electron chi connectivity index (χ1n) is 17.9. The van der Waals surface area contributed by atoms with Crippen molar-refractivity contribution in [2.45, 2.75) is 27.7 Å². The van der Waals surface area contributed by atoms with Crippen LogP contribution in [0.4, 0.5) is 0 Å². The number of benzene rings is 4. The van der Waals surface area contributed by atoms with Gasteiger partial charge in [0.05, 0.1) is 22.8 Å². The predicted molar refractivity (Wildman–Crippen MR) is 218 cm³/mol. The number of aromatic nitrogens is 4. The van der Waals surface area contributed by atoms with E-state index in [2.05, 4.69) is 173 Å². The van der Waals surface area contributed by atoms with E-state index in [1.165, 1.54) is 38.5 Å². The van der Waals surface area contributed by atoms with Crippen molar-refractivity contribution < 1.29 is 20.0 Å². The monoisotopic (exact) mass is 736 g/mol. The second-order valence-electron chi connectivity index (χ2n) is 13.8. The van der Waals surface area contributed by atoms with Gasteiger partial charge in [0.1, 0.15) is 0 Å². The minimum atomic E-state index is 0.865. The second-order valence-corrected chi connectivity index (χ2v) is 13.8. The predicted octanol–water partition coefficient (Wildman–Crippen LogP) is 11.7. The van der Waals surface area contributed by atoms with Crippen LogP contribution in [0.15, 0.2) is 121 Å².